The number of aliphatic carboxylic acids is 1. The van der Waals surface area contributed by atoms with Gasteiger partial charge in [-0.15, -0.1) is 0 Å². The van der Waals surface area contributed by atoms with Gasteiger partial charge in [-0.25, -0.2) is 0 Å². The van der Waals surface area contributed by atoms with E-state index in [2.05, 4.69) is 0 Å². The van der Waals surface area contributed by atoms with Crippen LogP contribution in [-0.2, 0) is 16.1 Å². The number of furan rings is 1. The van der Waals surface area contributed by atoms with Crippen molar-refractivity contribution in [2.24, 2.45) is 0 Å². The number of carboxylic acids is 1. The van der Waals surface area contributed by atoms with Gasteiger partial charge < -0.3 is 14.3 Å². The molecule has 0 amide bonds. The maximum absolute atomic E-state index is 10.9. The monoisotopic (exact) mass is 211 g/mol. The van der Waals surface area contributed by atoms with E-state index in [9.17, 15) is 4.79 Å². The van der Waals surface area contributed by atoms with Gasteiger partial charge in [-0.2, -0.15) is 0 Å². The number of ether oxygens (including phenoxy) is 1. The van der Waals surface area contributed by atoms with Crippen LogP contribution in [-0.4, -0.2) is 41.8 Å². The summed E-state index contributed by atoms with van der Waals surface area (Å²) in [7, 11) is 0. The third kappa shape index (κ3) is 2.37. The minimum Gasteiger partial charge on any atom is -0.480 e. The Morgan fingerprint density at radius 1 is 1.67 bits per heavy atom. The summed E-state index contributed by atoms with van der Waals surface area (Å²) < 4.78 is 10.1. The van der Waals surface area contributed by atoms with Crippen LogP contribution < -0.4 is 0 Å². The first-order valence-electron chi connectivity index (χ1n) is 4.83. The Kier molecular flexibility index (Phi) is 3.03. The van der Waals surface area contributed by atoms with Gasteiger partial charge in [0.05, 0.1) is 25.7 Å². The van der Waals surface area contributed by atoms with E-state index >= 15 is 0 Å². The van der Waals surface area contributed by atoms with Crippen molar-refractivity contribution in [1.82, 2.24) is 4.90 Å². The Morgan fingerprint density at radius 3 is 3.20 bits per heavy atom. The van der Waals surface area contributed by atoms with Gasteiger partial charge in [0.15, 0.2) is 0 Å². The van der Waals surface area contributed by atoms with E-state index < -0.39 is 12.0 Å². The van der Waals surface area contributed by atoms with Gasteiger partial charge in [-0.1, -0.05) is 0 Å². The fraction of sp³-hybridized carbons (Fsp3) is 0.500. The molecule has 82 valence electrons. The van der Waals surface area contributed by atoms with Crippen LogP contribution in [0.1, 0.15) is 5.56 Å². The van der Waals surface area contributed by atoms with Crippen LogP contribution in [0.25, 0.3) is 0 Å². The number of carbonyl (C=O) groups is 1. The summed E-state index contributed by atoms with van der Waals surface area (Å²) in [5, 5.41) is 8.99. The summed E-state index contributed by atoms with van der Waals surface area (Å²) in [6, 6.07) is 1.29. The molecule has 0 spiro atoms. The summed E-state index contributed by atoms with van der Waals surface area (Å²) >= 11 is 0. The predicted molar refractivity (Wildman–Crippen MR) is 51.4 cm³/mol. The lowest BCUT2D eigenvalue weighted by Gasteiger charge is -2.32. The highest BCUT2D eigenvalue weighted by molar-refractivity contribution is 5.73. The molecule has 1 aliphatic heterocycles. The Balaban J connectivity index is 2.02. The molecule has 1 saturated heterocycles. The second kappa shape index (κ2) is 4.46. The maximum Gasteiger partial charge on any atom is 0.323 e. The highest BCUT2D eigenvalue weighted by Gasteiger charge is 2.29. The van der Waals surface area contributed by atoms with Crippen molar-refractivity contribution in [3.63, 3.8) is 0 Å². The molecule has 0 saturated carbocycles. The number of rotatable bonds is 3. The van der Waals surface area contributed by atoms with Crippen molar-refractivity contribution in [2.45, 2.75) is 12.6 Å². The summed E-state index contributed by atoms with van der Waals surface area (Å²) in [5.74, 6) is -0.835. The lowest BCUT2D eigenvalue weighted by atomic mass is 10.2. The molecule has 1 aliphatic rings. The minimum atomic E-state index is -0.835. The van der Waals surface area contributed by atoms with Crippen molar-refractivity contribution in [1.29, 1.82) is 0 Å². The standard InChI is InChI=1S/C10H13NO4/c12-10(13)9-7-15-4-2-11(9)5-8-1-3-14-6-8/h1,3,6,9H,2,4-5,7H2,(H,12,13). The third-order valence-corrected chi connectivity index (χ3v) is 2.49. The van der Waals surface area contributed by atoms with Crippen LogP contribution in [0, 0.1) is 0 Å². The van der Waals surface area contributed by atoms with E-state index in [0.29, 0.717) is 19.7 Å². The molecule has 0 aliphatic carbocycles. The second-order valence-corrected chi connectivity index (χ2v) is 3.53. The number of morpholine rings is 1. The Bertz CT molecular complexity index is 322. The molecule has 1 unspecified atom stereocenters. The number of hydrogen-bond acceptors (Lipinski definition) is 4. The molecule has 0 aromatic carbocycles. The molecular weight excluding hydrogens is 198 g/mol. The van der Waals surface area contributed by atoms with Gasteiger partial charge in [0.25, 0.3) is 0 Å². The number of carboxylic acid groups (broad SMARTS) is 1. The zero-order chi connectivity index (χ0) is 10.7. The predicted octanol–water partition coefficient (Wildman–Crippen LogP) is 0.565. The minimum absolute atomic E-state index is 0.257. The van der Waals surface area contributed by atoms with Gasteiger partial charge >= 0.3 is 5.97 Å². The quantitative estimate of drug-likeness (QED) is 0.791. The van der Waals surface area contributed by atoms with Gasteiger partial charge in [-0.3, -0.25) is 9.69 Å². The van der Waals surface area contributed by atoms with Gasteiger partial charge in [0, 0.05) is 18.7 Å². The first-order chi connectivity index (χ1) is 7.27. The van der Waals surface area contributed by atoms with Crippen LogP contribution in [0.2, 0.25) is 0 Å². The smallest absolute Gasteiger partial charge is 0.323 e. The van der Waals surface area contributed by atoms with Gasteiger partial charge in [0.2, 0.25) is 0 Å². The SMILES string of the molecule is O=C(O)C1COCCN1Cc1ccoc1. The van der Waals surface area contributed by atoms with Crippen LogP contribution in [0.15, 0.2) is 23.0 Å². The Labute approximate surface area is 87.2 Å². The first-order valence-corrected chi connectivity index (χ1v) is 4.83. The maximum atomic E-state index is 10.9. The topological polar surface area (TPSA) is 62.9 Å². The largest absolute Gasteiger partial charge is 0.480 e. The van der Waals surface area contributed by atoms with E-state index in [1.54, 1.807) is 12.5 Å². The lowest BCUT2D eigenvalue weighted by molar-refractivity contribution is -0.150. The van der Waals surface area contributed by atoms with Crippen LogP contribution in [0.4, 0.5) is 0 Å². The van der Waals surface area contributed by atoms with Gasteiger partial charge in [-0.05, 0) is 6.07 Å². The van der Waals surface area contributed by atoms with Gasteiger partial charge in [0.1, 0.15) is 6.04 Å². The summed E-state index contributed by atoms with van der Waals surface area (Å²) in [4.78, 5) is 12.8. The molecule has 5 nitrogen and oxygen atoms in total. The molecule has 2 heterocycles. The molecule has 1 aromatic heterocycles. The lowest BCUT2D eigenvalue weighted by Crippen LogP contribution is -2.49. The molecule has 1 atom stereocenters. The zero-order valence-electron chi connectivity index (χ0n) is 8.26. The fourth-order valence-corrected chi connectivity index (χ4v) is 1.67. The Morgan fingerprint density at radius 2 is 2.53 bits per heavy atom. The van der Waals surface area contributed by atoms with Crippen molar-refractivity contribution in [3.8, 4) is 0 Å². The molecular formula is C10H13NO4. The molecule has 15 heavy (non-hydrogen) atoms. The first kappa shape index (κ1) is 10.2. The Hall–Kier alpha value is -1.33. The highest BCUT2D eigenvalue weighted by atomic mass is 16.5. The summed E-state index contributed by atoms with van der Waals surface area (Å²) in [5.41, 5.74) is 0.989. The van der Waals surface area contributed by atoms with E-state index in [4.69, 9.17) is 14.3 Å². The normalized spacial score (nSPS) is 22.8. The zero-order valence-corrected chi connectivity index (χ0v) is 8.26. The van der Waals surface area contributed by atoms with Crippen molar-refractivity contribution in [3.05, 3.63) is 24.2 Å². The average molecular weight is 211 g/mol. The number of hydrogen-bond donors (Lipinski definition) is 1. The molecule has 5 heteroatoms. The molecule has 2 rings (SSSR count). The van der Waals surface area contributed by atoms with Crippen LogP contribution in [0.5, 0.6) is 0 Å². The molecule has 1 aromatic rings. The van der Waals surface area contributed by atoms with Crippen molar-refractivity contribution in [2.75, 3.05) is 19.8 Å². The fourth-order valence-electron chi connectivity index (χ4n) is 1.67. The molecule has 1 fully saturated rings. The van der Waals surface area contributed by atoms with E-state index in [1.807, 2.05) is 11.0 Å². The molecule has 1 N–H and O–H groups in total. The van der Waals surface area contributed by atoms with Crippen molar-refractivity contribution < 1.29 is 19.1 Å². The second-order valence-electron chi connectivity index (χ2n) is 3.53. The van der Waals surface area contributed by atoms with Crippen molar-refractivity contribution >= 4 is 5.97 Å². The van der Waals surface area contributed by atoms with E-state index in [0.717, 1.165) is 5.56 Å². The number of nitrogens with zero attached hydrogens (tertiary/aromatic N) is 1. The average Bonchev–Trinajstić information content (AvgIpc) is 2.71. The van der Waals surface area contributed by atoms with Crippen LogP contribution in [0.3, 0.4) is 0 Å². The highest BCUT2D eigenvalue weighted by Crippen LogP contribution is 2.12. The van der Waals surface area contributed by atoms with Crippen LogP contribution >= 0.6 is 0 Å². The van der Waals surface area contributed by atoms with E-state index in [1.165, 1.54) is 0 Å². The third-order valence-electron chi connectivity index (χ3n) is 2.49. The summed E-state index contributed by atoms with van der Waals surface area (Å²) in [6.07, 6.45) is 3.22. The van der Waals surface area contributed by atoms with E-state index in [-0.39, 0.29) is 6.61 Å². The molecule has 0 radical (unpaired) electrons. The molecule has 0 bridgehead atoms. The summed E-state index contributed by atoms with van der Waals surface area (Å²) in [6.45, 7) is 2.08.